The van der Waals surface area contributed by atoms with E-state index in [0.29, 0.717) is 0 Å². The Bertz CT molecular complexity index is 180. The molecule has 5 heteroatoms. The van der Waals surface area contributed by atoms with Crippen LogP contribution in [0.25, 0.3) is 0 Å². The minimum absolute atomic E-state index is 0.0800. The molecule has 1 heterocycles. The molecular formula is C5H8N2O3. The first kappa shape index (κ1) is 6.85. The molecule has 3 N–H and O–H groups in total. The maximum atomic E-state index is 10.5. The molecule has 5 nitrogen and oxygen atoms in total. The van der Waals surface area contributed by atoms with E-state index >= 15 is 0 Å². The summed E-state index contributed by atoms with van der Waals surface area (Å²) in [7, 11) is 0. The van der Waals surface area contributed by atoms with Gasteiger partial charge in [-0.25, -0.2) is 4.79 Å². The summed E-state index contributed by atoms with van der Waals surface area (Å²) < 4.78 is 0. The fourth-order valence-corrected chi connectivity index (χ4v) is 0.852. The lowest BCUT2D eigenvalue weighted by Gasteiger charge is -2.33. The van der Waals surface area contributed by atoms with Crippen molar-refractivity contribution in [2.45, 2.75) is 19.0 Å². The smallest absolute Gasteiger partial charge is 0.405 e. The lowest BCUT2D eigenvalue weighted by atomic mass is 10.0. The Morgan fingerprint density at radius 3 is 2.60 bits per heavy atom. The van der Waals surface area contributed by atoms with Gasteiger partial charge in [-0.05, 0) is 6.92 Å². The Balaban J connectivity index is 2.40. The van der Waals surface area contributed by atoms with Crippen LogP contribution in [0.2, 0.25) is 0 Å². The van der Waals surface area contributed by atoms with Gasteiger partial charge in [0.1, 0.15) is 6.04 Å². The fraction of sp³-hybridized carbons (Fsp3) is 0.600. The predicted molar refractivity (Wildman–Crippen MR) is 32.6 cm³/mol. The molecule has 1 unspecified atom stereocenters. The van der Waals surface area contributed by atoms with Crippen LogP contribution in [-0.2, 0) is 4.79 Å². The molecule has 1 rings (SSSR count). The zero-order valence-corrected chi connectivity index (χ0v) is 5.42. The number of carboxylic acid groups (broad SMARTS) is 1. The Hall–Kier alpha value is -1.26. The van der Waals surface area contributed by atoms with Gasteiger partial charge in [-0.1, -0.05) is 0 Å². The molecule has 0 aromatic heterocycles. The summed E-state index contributed by atoms with van der Waals surface area (Å²) in [6, 6.07) is -0.638. The maximum Gasteiger partial charge on any atom is 0.405 e. The van der Waals surface area contributed by atoms with E-state index in [2.05, 4.69) is 10.6 Å². The highest BCUT2D eigenvalue weighted by molar-refractivity contribution is 5.91. The molecule has 10 heavy (non-hydrogen) atoms. The summed E-state index contributed by atoms with van der Waals surface area (Å²) in [4.78, 5) is 20.5. The largest absolute Gasteiger partial charge is 0.465 e. The number of amides is 2. The highest BCUT2D eigenvalue weighted by Gasteiger charge is 2.36. The van der Waals surface area contributed by atoms with Crippen LogP contribution in [0.1, 0.15) is 6.92 Å². The first-order chi connectivity index (χ1) is 4.61. The molecule has 0 aromatic carbocycles. The predicted octanol–water partition coefficient (Wildman–Crippen LogP) is -0.859. The maximum absolute atomic E-state index is 10.5. The Morgan fingerprint density at radius 2 is 2.40 bits per heavy atom. The minimum Gasteiger partial charge on any atom is -0.465 e. The molecule has 0 spiro atoms. The molecular weight excluding hydrogens is 136 g/mol. The van der Waals surface area contributed by atoms with Gasteiger partial charge in [-0.2, -0.15) is 0 Å². The number of hydrogen-bond donors (Lipinski definition) is 3. The van der Waals surface area contributed by atoms with Gasteiger partial charge in [0, 0.05) is 0 Å². The summed E-state index contributed by atoms with van der Waals surface area (Å²) in [5.41, 5.74) is 0. The van der Waals surface area contributed by atoms with Crippen LogP contribution in [0.3, 0.4) is 0 Å². The van der Waals surface area contributed by atoms with Crippen LogP contribution in [0.15, 0.2) is 0 Å². The van der Waals surface area contributed by atoms with E-state index in [0.717, 1.165) is 0 Å². The lowest BCUT2D eigenvalue weighted by Crippen LogP contribution is -2.67. The summed E-state index contributed by atoms with van der Waals surface area (Å²) in [5, 5.41) is 12.8. The number of carbonyl (C=O) groups excluding carboxylic acids is 1. The van der Waals surface area contributed by atoms with Gasteiger partial charge in [-0.15, -0.1) is 0 Å². The third-order valence-corrected chi connectivity index (χ3v) is 1.43. The number of rotatable bonds is 1. The summed E-state index contributed by atoms with van der Waals surface area (Å²) in [6.45, 7) is 1.74. The first-order valence-electron chi connectivity index (χ1n) is 2.91. The van der Waals surface area contributed by atoms with Crippen molar-refractivity contribution < 1.29 is 14.7 Å². The van der Waals surface area contributed by atoms with Crippen molar-refractivity contribution in [2.24, 2.45) is 0 Å². The van der Waals surface area contributed by atoms with Crippen LogP contribution in [0.5, 0.6) is 0 Å². The van der Waals surface area contributed by atoms with E-state index in [1.807, 2.05) is 0 Å². The monoisotopic (exact) mass is 144 g/mol. The summed E-state index contributed by atoms with van der Waals surface area (Å²) in [6.07, 6.45) is -1.16. The van der Waals surface area contributed by atoms with Gasteiger partial charge < -0.3 is 15.7 Å². The topological polar surface area (TPSA) is 78.4 Å². The molecule has 0 bridgehead atoms. The highest BCUT2D eigenvalue weighted by atomic mass is 16.4. The second-order valence-corrected chi connectivity index (χ2v) is 2.22. The van der Waals surface area contributed by atoms with E-state index < -0.39 is 12.1 Å². The average Bonchev–Trinajstić information content (AvgIpc) is 1.84. The molecule has 1 fully saturated rings. The third kappa shape index (κ3) is 1.02. The lowest BCUT2D eigenvalue weighted by molar-refractivity contribution is -0.130. The van der Waals surface area contributed by atoms with Crippen molar-refractivity contribution in [1.82, 2.24) is 10.6 Å². The van der Waals surface area contributed by atoms with Gasteiger partial charge in [0.2, 0.25) is 5.91 Å². The van der Waals surface area contributed by atoms with Crippen molar-refractivity contribution in [3.8, 4) is 0 Å². The van der Waals surface area contributed by atoms with E-state index in [-0.39, 0.29) is 11.9 Å². The van der Waals surface area contributed by atoms with E-state index in [9.17, 15) is 9.59 Å². The van der Waals surface area contributed by atoms with E-state index in [4.69, 9.17) is 5.11 Å². The van der Waals surface area contributed by atoms with Crippen molar-refractivity contribution in [3.05, 3.63) is 0 Å². The molecule has 0 aromatic rings. The fourth-order valence-electron chi connectivity index (χ4n) is 0.852. The highest BCUT2D eigenvalue weighted by Crippen LogP contribution is 2.03. The number of carbonyl (C=O) groups is 2. The Labute approximate surface area is 57.4 Å². The zero-order chi connectivity index (χ0) is 7.72. The molecule has 0 saturated carbocycles. The van der Waals surface area contributed by atoms with E-state index in [1.165, 1.54) is 0 Å². The van der Waals surface area contributed by atoms with Gasteiger partial charge in [0.05, 0.1) is 6.04 Å². The van der Waals surface area contributed by atoms with Crippen molar-refractivity contribution >= 4 is 12.0 Å². The number of hydrogen-bond acceptors (Lipinski definition) is 2. The second kappa shape index (κ2) is 2.17. The SMILES string of the molecule is CC1NC(=O)[C@H]1NC(=O)O. The van der Waals surface area contributed by atoms with Crippen LogP contribution in [0, 0.1) is 0 Å². The van der Waals surface area contributed by atoms with Gasteiger partial charge in [0.25, 0.3) is 0 Å². The van der Waals surface area contributed by atoms with Crippen LogP contribution in [0.4, 0.5) is 4.79 Å². The Morgan fingerprint density at radius 1 is 1.80 bits per heavy atom. The van der Waals surface area contributed by atoms with Crippen LogP contribution in [-0.4, -0.2) is 29.2 Å². The molecule has 0 radical (unpaired) electrons. The molecule has 56 valence electrons. The van der Waals surface area contributed by atoms with Crippen molar-refractivity contribution in [3.63, 3.8) is 0 Å². The minimum atomic E-state index is -1.16. The second-order valence-electron chi connectivity index (χ2n) is 2.22. The Kier molecular flexibility index (Phi) is 1.48. The normalized spacial score (nSPS) is 30.3. The molecule has 1 saturated heterocycles. The first-order valence-corrected chi connectivity index (χ1v) is 2.91. The van der Waals surface area contributed by atoms with E-state index in [1.54, 1.807) is 6.92 Å². The molecule has 0 aliphatic carbocycles. The molecule has 2 atom stereocenters. The quantitative estimate of drug-likeness (QED) is 0.419. The van der Waals surface area contributed by atoms with Crippen LogP contribution < -0.4 is 10.6 Å². The van der Waals surface area contributed by atoms with Gasteiger partial charge in [0.15, 0.2) is 0 Å². The summed E-state index contributed by atoms with van der Waals surface area (Å²) >= 11 is 0. The third-order valence-electron chi connectivity index (χ3n) is 1.43. The van der Waals surface area contributed by atoms with Crippen LogP contribution >= 0.6 is 0 Å². The van der Waals surface area contributed by atoms with Gasteiger partial charge >= 0.3 is 6.09 Å². The zero-order valence-electron chi connectivity index (χ0n) is 5.42. The van der Waals surface area contributed by atoms with Crippen molar-refractivity contribution in [2.75, 3.05) is 0 Å². The number of β-lactam (4-membered cyclic amide) rings is 1. The molecule has 1 aliphatic heterocycles. The molecule has 1 aliphatic rings. The average molecular weight is 144 g/mol. The van der Waals surface area contributed by atoms with Crippen molar-refractivity contribution in [1.29, 1.82) is 0 Å². The number of nitrogens with one attached hydrogen (secondary N) is 2. The summed E-state index contributed by atoms with van der Waals surface area (Å²) in [5.74, 6) is -0.255. The van der Waals surface area contributed by atoms with Gasteiger partial charge in [-0.3, -0.25) is 4.79 Å². The molecule has 2 amide bonds. The standard InChI is InChI=1S/C5H8N2O3/c1-2-3(4(8)6-2)7-5(9)10/h2-3,7H,1H3,(H,6,8)(H,9,10)/t2?,3-/m0/s1.